The zero-order valence-corrected chi connectivity index (χ0v) is 16.1. The van der Waals surface area contributed by atoms with E-state index in [1.165, 1.54) is 0 Å². The monoisotopic (exact) mass is 391 g/mol. The Hall–Kier alpha value is -3.19. The van der Waals surface area contributed by atoms with Crippen LogP contribution in [0.4, 0.5) is 0 Å². The van der Waals surface area contributed by atoms with Crippen LogP contribution in [0.1, 0.15) is 46.3 Å². The molecule has 1 aliphatic carbocycles. The predicted molar refractivity (Wildman–Crippen MR) is 104 cm³/mol. The maximum atomic E-state index is 12.5. The molecule has 2 heterocycles. The number of methoxy groups -OCH3 is 1. The number of nitrogens with zero attached hydrogens (tertiary/aromatic N) is 3. The second-order valence-corrected chi connectivity index (χ2v) is 7.41. The van der Waals surface area contributed by atoms with Crippen molar-refractivity contribution in [3.63, 3.8) is 0 Å². The number of hydrogen-bond donors (Lipinski definition) is 0. The van der Waals surface area contributed by atoms with E-state index in [2.05, 4.69) is 10.3 Å². The topological polar surface area (TPSA) is 78.8 Å². The van der Waals surface area contributed by atoms with E-state index in [4.69, 9.17) is 14.2 Å². The lowest BCUT2D eigenvalue weighted by Gasteiger charge is -2.26. The largest absolute Gasteiger partial charge is 0.497 e. The zero-order valence-electron chi connectivity index (χ0n) is 16.1. The molecule has 29 heavy (non-hydrogen) atoms. The van der Waals surface area contributed by atoms with Crippen molar-refractivity contribution in [1.29, 1.82) is 0 Å². The highest BCUT2D eigenvalue weighted by Gasteiger charge is 2.55. The van der Waals surface area contributed by atoms with Gasteiger partial charge < -0.3 is 14.2 Å². The standard InChI is InChI=1S/C22H21N3O4/c1-27-17-9-7-15(8-10-17)13-25-20-19(23-24-25)18(11-12-22(20)14-28-22)29-21(26)16-5-3-2-4-6-16/h2-10,18H,11-14H2,1H3. The quantitative estimate of drug-likeness (QED) is 0.491. The molecule has 3 aromatic rings. The van der Waals surface area contributed by atoms with Gasteiger partial charge in [-0.25, -0.2) is 9.48 Å². The number of rotatable bonds is 5. The number of fused-ring (bicyclic) bond motifs is 2. The molecule has 1 spiro atoms. The fourth-order valence-corrected chi connectivity index (χ4v) is 3.90. The summed E-state index contributed by atoms with van der Waals surface area (Å²) in [5.41, 5.74) is 2.89. The third-order valence-electron chi connectivity index (χ3n) is 5.55. The maximum absolute atomic E-state index is 12.5. The van der Waals surface area contributed by atoms with Gasteiger partial charge in [-0.15, -0.1) is 5.10 Å². The summed E-state index contributed by atoms with van der Waals surface area (Å²) >= 11 is 0. The molecule has 1 aliphatic heterocycles. The normalized spacial score (nSPS) is 22.2. The SMILES string of the molecule is COc1ccc(Cn2nnc3c2C2(CCC3OC(=O)c3ccccc3)CO2)cc1. The number of carbonyl (C=O) groups is 1. The van der Waals surface area contributed by atoms with Gasteiger partial charge >= 0.3 is 5.97 Å². The molecule has 2 aromatic carbocycles. The lowest BCUT2D eigenvalue weighted by molar-refractivity contribution is 0.0202. The number of epoxide rings is 1. The highest BCUT2D eigenvalue weighted by atomic mass is 16.6. The molecule has 2 unspecified atom stereocenters. The molecule has 1 aromatic heterocycles. The Labute approximate surface area is 168 Å². The lowest BCUT2D eigenvalue weighted by atomic mass is 9.88. The molecular formula is C22H21N3O4. The molecule has 0 radical (unpaired) electrons. The van der Waals surface area contributed by atoms with E-state index in [9.17, 15) is 4.79 Å². The van der Waals surface area contributed by atoms with Crippen molar-refractivity contribution in [3.05, 3.63) is 77.1 Å². The van der Waals surface area contributed by atoms with Crippen LogP contribution in [0.3, 0.4) is 0 Å². The second-order valence-electron chi connectivity index (χ2n) is 7.41. The van der Waals surface area contributed by atoms with Crippen LogP contribution in [0, 0.1) is 0 Å². The molecule has 0 N–H and O–H groups in total. The summed E-state index contributed by atoms with van der Waals surface area (Å²) in [5, 5.41) is 8.75. The Balaban J connectivity index is 1.41. The summed E-state index contributed by atoms with van der Waals surface area (Å²) in [5.74, 6) is 0.461. The van der Waals surface area contributed by atoms with Crippen LogP contribution in [0.25, 0.3) is 0 Å². The first kappa shape index (κ1) is 17.9. The van der Waals surface area contributed by atoms with Crippen molar-refractivity contribution in [2.75, 3.05) is 13.7 Å². The van der Waals surface area contributed by atoms with Crippen molar-refractivity contribution in [3.8, 4) is 5.75 Å². The van der Waals surface area contributed by atoms with E-state index >= 15 is 0 Å². The van der Waals surface area contributed by atoms with Gasteiger partial charge in [-0.05, 0) is 42.7 Å². The fourth-order valence-electron chi connectivity index (χ4n) is 3.90. The van der Waals surface area contributed by atoms with Crippen LogP contribution in [-0.4, -0.2) is 34.7 Å². The van der Waals surface area contributed by atoms with E-state index in [0.717, 1.165) is 23.4 Å². The van der Waals surface area contributed by atoms with Crippen LogP contribution in [0.15, 0.2) is 54.6 Å². The average molecular weight is 391 g/mol. The van der Waals surface area contributed by atoms with E-state index in [-0.39, 0.29) is 11.6 Å². The first-order chi connectivity index (χ1) is 14.2. The smallest absolute Gasteiger partial charge is 0.338 e. The molecule has 2 aliphatic rings. The van der Waals surface area contributed by atoms with E-state index in [0.29, 0.717) is 30.8 Å². The number of esters is 1. The number of carbonyl (C=O) groups excluding carboxylic acids is 1. The second kappa shape index (κ2) is 7.00. The molecule has 0 bridgehead atoms. The highest BCUT2D eigenvalue weighted by Crippen LogP contribution is 2.51. The van der Waals surface area contributed by atoms with Gasteiger partial charge in [0, 0.05) is 0 Å². The van der Waals surface area contributed by atoms with E-state index in [1.54, 1.807) is 19.2 Å². The van der Waals surface area contributed by atoms with Gasteiger partial charge in [0.1, 0.15) is 28.8 Å². The lowest BCUT2D eigenvalue weighted by Crippen LogP contribution is -2.27. The van der Waals surface area contributed by atoms with E-state index < -0.39 is 6.10 Å². The van der Waals surface area contributed by atoms with Crippen LogP contribution in [0.5, 0.6) is 5.75 Å². The highest BCUT2D eigenvalue weighted by molar-refractivity contribution is 5.89. The van der Waals surface area contributed by atoms with E-state index in [1.807, 2.05) is 47.1 Å². The third kappa shape index (κ3) is 3.27. The Morgan fingerprint density at radius 1 is 1.21 bits per heavy atom. The molecule has 1 fully saturated rings. The molecule has 7 nitrogen and oxygen atoms in total. The third-order valence-corrected chi connectivity index (χ3v) is 5.55. The summed E-state index contributed by atoms with van der Waals surface area (Å²) in [6.07, 6.45) is 1.03. The van der Waals surface area contributed by atoms with Crippen LogP contribution >= 0.6 is 0 Å². The van der Waals surface area contributed by atoms with Crippen molar-refractivity contribution < 1.29 is 19.0 Å². The Bertz CT molecular complexity index is 1030. The van der Waals surface area contributed by atoms with Crippen LogP contribution in [-0.2, 0) is 21.6 Å². The summed E-state index contributed by atoms with van der Waals surface area (Å²) in [6.45, 7) is 1.21. The summed E-state index contributed by atoms with van der Waals surface area (Å²) in [7, 11) is 1.65. The average Bonchev–Trinajstić information content (AvgIpc) is 3.41. The first-order valence-corrected chi connectivity index (χ1v) is 9.65. The first-order valence-electron chi connectivity index (χ1n) is 9.65. The Morgan fingerprint density at radius 2 is 1.97 bits per heavy atom. The van der Waals surface area contributed by atoms with Gasteiger partial charge in [-0.3, -0.25) is 0 Å². The Kier molecular flexibility index (Phi) is 4.32. The Morgan fingerprint density at radius 3 is 2.66 bits per heavy atom. The van der Waals surface area contributed by atoms with Crippen molar-refractivity contribution in [2.45, 2.75) is 31.1 Å². The number of aromatic nitrogens is 3. The van der Waals surface area contributed by atoms with Crippen molar-refractivity contribution in [1.82, 2.24) is 15.0 Å². The minimum absolute atomic E-state index is 0.346. The molecular weight excluding hydrogens is 370 g/mol. The number of ether oxygens (including phenoxy) is 3. The molecule has 0 saturated carbocycles. The molecule has 0 amide bonds. The fraction of sp³-hybridized carbons (Fsp3) is 0.318. The number of hydrogen-bond acceptors (Lipinski definition) is 6. The summed E-state index contributed by atoms with van der Waals surface area (Å²) < 4.78 is 18.7. The van der Waals surface area contributed by atoms with Crippen LogP contribution in [0.2, 0.25) is 0 Å². The zero-order chi connectivity index (χ0) is 19.8. The van der Waals surface area contributed by atoms with Gasteiger partial charge in [0.25, 0.3) is 0 Å². The van der Waals surface area contributed by atoms with Gasteiger partial charge in [-0.1, -0.05) is 35.5 Å². The van der Waals surface area contributed by atoms with Crippen molar-refractivity contribution in [2.24, 2.45) is 0 Å². The molecule has 7 heteroatoms. The minimum atomic E-state index is -0.419. The maximum Gasteiger partial charge on any atom is 0.338 e. The molecule has 5 rings (SSSR count). The van der Waals surface area contributed by atoms with Gasteiger partial charge in [0.05, 0.1) is 25.8 Å². The summed E-state index contributed by atoms with van der Waals surface area (Å²) in [6, 6.07) is 16.9. The minimum Gasteiger partial charge on any atom is -0.497 e. The number of benzene rings is 2. The molecule has 1 saturated heterocycles. The molecule has 148 valence electrons. The van der Waals surface area contributed by atoms with Gasteiger partial charge in [0.2, 0.25) is 0 Å². The summed E-state index contributed by atoms with van der Waals surface area (Å²) in [4.78, 5) is 12.5. The predicted octanol–water partition coefficient (Wildman–Crippen LogP) is 3.25. The van der Waals surface area contributed by atoms with Gasteiger partial charge in [0.15, 0.2) is 0 Å². The molecule has 2 atom stereocenters. The van der Waals surface area contributed by atoms with Crippen LogP contribution < -0.4 is 4.74 Å². The van der Waals surface area contributed by atoms with Gasteiger partial charge in [-0.2, -0.15) is 0 Å². The van der Waals surface area contributed by atoms with Crippen molar-refractivity contribution >= 4 is 5.97 Å².